The van der Waals surface area contributed by atoms with Crippen molar-refractivity contribution in [2.24, 2.45) is 0 Å². The van der Waals surface area contributed by atoms with E-state index in [0.29, 0.717) is 11.1 Å². The monoisotopic (exact) mass is 679 g/mol. The fourth-order valence-corrected chi connectivity index (χ4v) is 2.60. The first kappa shape index (κ1) is 30.5. The molecule has 2 aromatic carbocycles. The summed E-state index contributed by atoms with van der Waals surface area (Å²) < 4.78 is 54.4. The largest absolute Gasteiger partial charge is 0.512 e. The van der Waals surface area contributed by atoms with Crippen LogP contribution in [0.4, 0.5) is 17.6 Å². The average molecular weight is 679 g/mol. The third kappa shape index (κ3) is 11.2. The molecule has 6 nitrogen and oxygen atoms in total. The summed E-state index contributed by atoms with van der Waals surface area (Å²) in [6, 6.07) is 12.5. The van der Waals surface area contributed by atoms with E-state index in [4.69, 9.17) is 5.11 Å². The number of ketones is 1. The second kappa shape index (κ2) is 15.4. The molecule has 0 bridgehead atoms. The van der Waals surface area contributed by atoms with Gasteiger partial charge in [0, 0.05) is 87.3 Å². The van der Waals surface area contributed by atoms with E-state index in [1.807, 2.05) is 0 Å². The number of rotatable bonds is 5. The van der Waals surface area contributed by atoms with E-state index in [1.54, 1.807) is 46.3 Å². The van der Waals surface area contributed by atoms with Crippen LogP contribution in [0.15, 0.2) is 73.0 Å². The second-order valence-corrected chi connectivity index (χ2v) is 7.09. The van der Waals surface area contributed by atoms with Gasteiger partial charge in [0.15, 0.2) is 5.78 Å². The molecule has 1 N–H and O–H groups in total. The SMILES string of the molecule is CC(=O)C=C(C)O.Fc1c[c-]c(Cn2cccn2)c(F)c1.Fc1c[c-]c(Cn2cccn2)c(F)c1.[Ir]. The number of aromatic nitrogens is 4. The summed E-state index contributed by atoms with van der Waals surface area (Å²) >= 11 is 0. The average Bonchev–Trinajstić information content (AvgIpc) is 3.46. The maximum atomic E-state index is 13.1. The van der Waals surface area contributed by atoms with E-state index in [2.05, 4.69) is 22.3 Å². The van der Waals surface area contributed by atoms with Gasteiger partial charge in [0.1, 0.15) is 0 Å². The number of hydrogen-bond acceptors (Lipinski definition) is 4. The topological polar surface area (TPSA) is 72.9 Å². The minimum absolute atomic E-state index is 0. The zero-order chi connectivity index (χ0) is 25.8. The molecule has 0 unspecified atom stereocenters. The van der Waals surface area contributed by atoms with Gasteiger partial charge in [-0.1, -0.05) is 0 Å². The van der Waals surface area contributed by atoms with Crippen LogP contribution in [0.1, 0.15) is 25.0 Å². The predicted molar refractivity (Wildman–Crippen MR) is 120 cm³/mol. The molecule has 0 aliphatic carbocycles. The standard InChI is InChI=1S/2C10H7F2N2.C5H8O2.Ir/c2*11-9-3-2-8(10(12)6-9)7-14-5-1-4-13-14;1-4(6)3-5(2)7;/h2*1,3-6H,7H2;3,6H,1-2H3;/q2*-1;;. The zero-order valence-corrected chi connectivity index (χ0v) is 21.6. The Morgan fingerprint density at radius 1 is 0.889 bits per heavy atom. The summed E-state index contributed by atoms with van der Waals surface area (Å²) in [5.74, 6) is -2.49. The molecular formula is C25H22F4IrN4O2-2. The quantitative estimate of drug-likeness (QED) is 0.139. The molecule has 2 heterocycles. The Morgan fingerprint density at radius 2 is 1.31 bits per heavy atom. The van der Waals surface area contributed by atoms with Crippen molar-refractivity contribution in [3.63, 3.8) is 0 Å². The van der Waals surface area contributed by atoms with Gasteiger partial charge in [0.25, 0.3) is 0 Å². The van der Waals surface area contributed by atoms with Crippen LogP contribution in [0.25, 0.3) is 0 Å². The first-order valence-corrected chi connectivity index (χ1v) is 10.2. The van der Waals surface area contributed by atoms with E-state index in [9.17, 15) is 22.4 Å². The number of aliphatic hydroxyl groups is 1. The summed E-state index contributed by atoms with van der Waals surface area (Å²) in [6.07, 6.45) is 7.77. The Bertz CT molecular complexity index is 1160. The first-order chi connectivity index (χ1) is 16.6. The molecule has 0 spiro atoms. The van der Waals surface area contributed by atoms with Crippen molar-refractivity contribution in [2.75, 3.05) is 0 Å². The minimum atomic E-state index is -0.619. The summed E-state index contributed by atoms with van der Waals surface area (Å²) in [5.41, 5.74) is 0.602. The van der Waals surface area contributed by atoms with Crippen molar-refractivity contribution >= 4 is 5.78 Å². The smallest absolute Gasteiger partial charge is 0.155 e. The van der Waals surface area contributed by atoms with Crippen molar-refractivity contribution in [1.29, 1.82) is 0 Å². The maximum absolute atomic E-state index is 13.1. The van der Waals surface area contributed by atoms with Gasteiger partial charge in [0.2, 0.25) is 0 Å². The van der Waals surface area contributed by atoms with Crippen molar-refractivity contribution in [3.8, 4) is 0 Å². The summed E-state index contributed by atoms with van der Waals surface area (Å²) in [4.78, 5) is 10.0. The molecule has 0 saturated heterocycles. The summed E-state index contributed by atoms with van der Waals surface area (Å²) in [7, 11) is 0. The number of allylic oxidation sites excluding steroid dienone is 2. The van der Waals surface area contributed by atoms with Crippen LogP contribution in [0.2, 0.25) is 0 Å². The van der Waals surface area contributed by atoms with Crippen LogP contribution < -0.4 is 0 Å². The maximum Gasteiger partial charge on any atom is 0.155 e. The number of halogens is 4. The molecule has 193 valence electrons. The zero-order valence-electron chi connectivity index (χ0n) is 19.3. The number of benzene rings is 2. The Morgan fingerprint density at radius 3 is 1.56 bits per heavy atom. The van der Waals surface area contributed by atoms with Crippen LogP contribution in [-0.4, -0.2) is 30.5 Å². The molecule has 2 aromatic heterocycles. The van der Waals surface area contributed by atoms with E-state index in [0.717, 1.165) is 24.3 Å². The third-order valence-electron chi connectivity index (χ3n) is 4.05. The molecule has 0 saturated carbocycles. The molecule has 1 radical (unpaired) electrons. The van der Waals surface area contributed by atoms with Crippen molar-refractivity contribution in [3.05, 3.63) is 120 Å². The normalized spacial score (nSPS) is 10.3. The first-order valence-electron chi connectivity index (χ1n) is 10.2. The number of carbonyl (C=O) groups excluding carboxylic acids is 1. The van der Waals surface area contributed by atoms with E-state index in [-0.39, 0.29) is 44.7 Å². The fourth-order valence-electron chi connectivity index (χ4n) is 2.60. The van der Waals surface area contributed by atoms with Gasteiger partial charge in [-0.15, -0.1) is 35.4 Å². The number of nitrogens with zero attached hydrogens (tertiary/aromatic N) is 4. The summed E-state index contributed by atoms with van der Waals surface area (Å²) in [5, 5.41) is 16.2. The van der Waals surface area contributed by atoms with Crippen LogP contribution in [0.5, 0.6) is 0 Å². The predicted octanol–water partition coefficient (Wildman–Crippen LogP) is 5.05. The van der Waals surface area contributed by atoms with E-state index in [1.165, 1.54) is 19.9 Å². The van der Waals surface area contributed by atoms with Crippen LogP contribution >= 0.6 is 0 Å². The van der Waals surface area contributed by atoms with Crippen LogP contribution in [0.3, 0.4) is 0 Å². The summed E-state index contributed by atoms with van der Waals surface area (Å²) in [6.45, 7) is 3.37. The third-order valence-corrected chi connectivity index (χ3v) is 4.05. The minimum Gasteiger partial charge on any atom is -0.512 e. The van der Waals surface area contributed by atoms with E-state index >= 15 is 0 Å². The van der Waals surface area contributed by atoms with Crippen molar-refractivity contribution < 1.29 is 47.6 Å². The molecule has 0 aliphatic heterocycles. The molecule has 0 aliphatic rings. The molecule has 36 heavy (non-hydrogen) atoms. The van der Waals surface area contributed by atoms with Gasteiger partial charge in [-0.3, -0.25) is 31.7 Å². The molecule has 0 fully saturated rings. The number of hydrogen-bond donors (Lipinski definition) is 1. The molecule has 0 atom stereocenters. The molecule has 4 rings (SSSR count). The fraction of sp³-hybridized carbons (Fsp3) is 0.160. The van der Waals surface area contributed by atoms with Crippen molar-refractivity contribution in [2.45, 2.75) is 26.9 Å². The number of aliphatic hydroxyl groups excluding tert-OH is 1. The van der Waals surface area contributed by atoms with Gasteiger partial charge in [-0.2, -0.15) is 22.3 Å². The Hall–Kier alpha value is -3.56. The van der Waals surface area contributed by atoms with E-state index < -0.39 is 23.3 Å². The molecule has 0 amide bonds. The Labute approximate surface area is 219 Å². The van der Waals surface area contributed by atoms with Crippen molar-refractivity contribution in [1.82, 2.24) is 19.6 Å². The van der Waals surface area contributed by atoms with Gasteiger partial charge in [-0.05, 0) is 26.0 Å². The van der Waals surface area contributed by atoms with Crippen LogP contribution in [-0.2, 0) is 38.0 Å². The van der Waals surface area contributed by atoms with Gasteiger partial charge < -0.3 is 5.11 Å². The Balaban J connectivity index is 0.000000283. The van der Waals surface area contributed by atoms with Gasteiger partial charge in [-0.25, -0.2) is 0 Å². The van der Waals surface area contributed by atoms with Crippen LogP contribution in [0, 0.1) is 35.4 Å². The molecular weight excluding hydrogens is 657 g/mol. The Kier molecular flexibility index (Phi) is 13.1. The van der Waals surface area contributed by atoms with Gasteiger partial charge >= 0.3 is 0 Å². The second-order valence-electron chi connectivity index (χ2n) is 7.09. The van der Waals surface area contributed by atoms with Gasteiger partial charge in [0.05, 0.1) is 5.76 Å². The molecule has 11 heteroatoms. The number of carbonyl (C=O) groups is 1. The molecule has 4 aromatic rings.